The second-order valence-corrected chi connectivity index (χ2v) is 8.15. The molecule has 9 heteroatoms. The van der Waals surface area contributed by atoms with E-state index in [9.17, 15) is 13.2 Å². The van der Waals surface area contributed by atoms with Gasteiger partial charge in [-0.1, -0.05) is 19.3 Å². The van der Waals surface area contributed by atoms with E-state index in [2.05, 4.69) is 20.8 Å². The van der Waals surface area contributed by atoms with Gasteiger partial charge in [0.1, 0.15) is 11.9 Å². The largest absolute Gasteiger partial charge is 0.350 e. The van der Waals surface area contributed by atoms with Crippen molar-refractivity contribution in [3.05, 3.63) is 6.33 Å². The number of rotatable bonds is 3. The fourth-order valence-corrected chi connectivity index (χ4v) is 4.96. The van der Waals surface area contributed by atoms with Crippen LogP contribution in [0, 0.1) is 0 Å². The lowest BCUT2D eigenvalue weighted by atomic mass is 9.81. The number of hydrogen-bond acceptors (Lipinski definition) is 6. The van der Waals surface area contributed by atoms with Crippen LogP contribution < -0.4 is 5.32 Å². The van der Waals surface area contributed by atoms with Crippen molar-refractivity contribution >= 4 is 15.7 Å². The zero-order valence-electron chi connectivity index (χ0n) is 11.7. The fourth-order valence-electron chi connectivity index (χ4n) is 3.28. The van der Waals surface area contributed by atoms with Crippen LogP contribution >= 0.6 is 0 Å². The molecular formula is C12H19N5O3S. The van der Waals surface area contributed by atoms with Gasteiger partial charge in [0.15, 0.2) is 9.84 Å². The van der Waals surface area contributed by atoms with Gasteiger partial charge in [-0.05, 0) is 29.7 Å². The Morgan fingerprint density at radius 3 is 2.62 bits per heavy atom. The van der Waals surface area contributed by atoms with E-state index < -0.39 is 15.4 Å². The molecule has 1 saturated carbocycles. The summed E-state index contributed by atoms with van der Waals surface area (Å²) in [5.41, 5.74) is -0.770. The van der Waals surface area contributed by atoms with E-state index in [0.717, 1.165) is 19.3 Å². The summed E-state index contributed by atoms with van der Waals surface area (Å²) >= 11 is 0. The number of sulfone groups is 1. The second-order valence-electron chi connectivity index (χ2n) is 5.92. The molecule has 2 fully saturated rings. The summed E-state index contributed by atoms with van der Waals surface area (Å²) in [6, 6.07) is -0.294. The van der Waals surface area contributed by atoms with Crippen molar-refractivity contribution in [1.82, 2.24) is 25.5 Å². The predicted molar refractivity (Wildman–Crippen MR) is 74.1 cm³/mol. The molecule has 116 valence electrons. The number of carbonyl (C=O) groups is 1. The number of carbonyl (C=O) groups excluding carboxylic acids is 1. The summed E-state index contributed by atoms with van der Waals surface area (Å²) in [4.78, 5) is 12.8. The highest BCUT2D eigenvalue weighted by Crippen LogP contribution is 2.34. The highest BCUT2D eigenvalue weighted by atomic mass is 32.2. The molecule has 1 amide bonds. The smallest absolute Gasteiger partial charge is 0.248 e. The number of aromatic nitrogens is 4. The van der Waals surface area contributed by atoms with Crippen molar-refractivity contribution < 1.29 is 13.2 Å². The Balaban J connectivity index is 1.79. The number of nitrogens with zero attached hydrogens (tertiary/aromatic N) is 4. The minimum atomic E-state index is -3.01. The quantitative estimate of drug-likeness (QED) is 0.816. The minimum Gasteiger partial charge on any atom is -0.350 e. The molecule has 1 saturated heterocycles. The van der Waals surface area contributed by atoms with Crippen LogP contribution in [0.1, 0.15) is 38.5 Å². The lowest BCUT2D eigenvalue weighted by Gasteiger charge is -2.35. The highest BCUT2D eigenvalue weighted by molar-refractivity contribution is 7.91. The van der Waals surface area contributed by atoms with Gasteiger partial charge in [-0.2, -0.15) is 0 Å². The van der Waals surface area contributed by atoms with Crippen LogP contribution in [-0.2, 0) is 20.2 Å². The Hall–Kier alpha value is -1.51. The van der Waals surface area contributed by atoms with Crippen LogP contribution in [-0.4, -0.2) is 52.1 Å². The summed E-state index contributed by atoms with van der Waals surface area (Å²) in [5, 5.41) is 14.1. The lowest BCUT2D eigenvalue weighted by molar-refractivity contribution is -0.133. The van der Waals surface area contributed by atoms with Gasteiger partial charge < -0.3 is 5.32 Å². The number of nitrogens with one attached hydrogen (secondary N) is 1. The van der Waals surface area contributed by atoms with Gasteiger partial charge in [0.2, 0.25) is 5.91 Å². The lowest BCUT2D eigenvalue weighted by Crippen LogP contribution is -2.53. The monoisotopic (exact) mass is 313 g/mol. The van der Waals surface area contributed by atoms with Gasteiger partial charge >= 0.3 is 0 Å². The van der Waals surface area contributed by atoms with Crippen LogP contribution in [0.3, 0.4) is 0 Å². The first-order valence-electron chi connectivity index (χ1n) is 7.27. The Morgan fingerprint density at radius 2 is 2.05 bits per heavy atom. The molecule has 1 aromatic heterocycles. The van der Waals surface area contributed by atoms with E-state index in [-0.39, 0.29) is 23.5 Å². The van der Waals surface area contributed by atoms with Crippen molar-refractivity contribution in [2.24, 2.45) is 0 Å². The predicted octanol–water partition coefficient (Wildman–Crippen LogP) is -0.364. The summed E-state index contributed by atoms with van der Waals surface area (Å²) in [5.74, 6) is 0.0249. The molecule has 8 nitrogen and oxygen atoms in total. The van der Waals surface area contributed by atoms with Gasteiger partial charge in [-0.3, -0.25) is 4.79 Å². The van der Waals surface area contributed by atoms with Crippen LogP contribution in [0.25, 0.3) is 0 Å². The Kier molecular flexibility index (Phi) is 3.68. The molecule has 0 bridgehead atoms. The molecule has 1 unspecified atom stereocenters. The van der Waals surface area contributed by atoms with Gasteiger partial charge in [-0.15, -0.1) is 5.10 Å². The molecule has 2 heterocycles. The summed E-state index contributed by atoms with van der Waals surface area (Å²) < 4.78 is 24.6. The molecule has 1 aliphatic heterocycles. The normalized spacial score (nSPS) is 27.3. The van der Waals surface area contributed by atoms with Gasteiger partial charge in [0.25, 0.3) is 0 Å². The molecule has 0 spiro atoms. The summed E-state index contributed by atoms with van der Waals surface area (Å²) in [6.45, 7) is 0. The average molecular weight is 313 g/mol. The topological polar surface area (TPSA) is 107 Å². The van der Waals surface area contributed by atoms with Crippen molar-refractivity contribution in [2.75, 3.05) is 11.5 Å². The van der Waals surface area contributed by atoms with Gasteiger partial charge in [0.05, 0.1) is 11.5 Å². The molecule has 0 radical (unpaired) electrons. The van der Waals surface area contributed by atoms with Crippen LogP contribution in [0.2, 0.25) is 0 Å². The standard InChI is InChI=1S/C12H19N5O3S/c18-11(14-10-4-7-21(19,20)8-10)12(5-2-1-3-6-12)17-9-13-15-16-17/h9-10H,1-8H2,(H,14,18). The molecule has 1 atom stereocenters. The first-order valence-corrected chi connectivity index (χ1v) is 9.09. The maximum atomic E-state index is 12.8. The highest BCUT2D eigenvalue weighted by Gasteiger charge is 2.44. The Labute approximate surface area is 123 Å². The van der Waals surface area contributed by atoms with Crippen molar-refractivity contribution in [3.8, 4) is 0 Å². The minimum absolute atomic E-state index is 0.0322. The van der Waals surface area contributed by atoms with E-state index in [0.29, 0.717) is 19.3 Å². The fraction of sp³-hybridized carbons (Fsp3) is 0.833. The maximum Gasteiger partial charge on any atom is 0.248 e. The Morgan fingerprint density at radius 1 is 1.29 bits per heavy atom. The molecule has 1 aliphatic carbocycles. The molecule has 1 aromatic rings. The zero-order chi connectivity index (χ0) is 14.9. The second kappa shape index (κ2) is 5.36. The number of tetrazole rings is 1. The summed E-state index contributed by atoms with van der Waals surface area (Å²) in [6.07, 6.45) is 6.30. The van der Waals surface area contributed by atoms with Crippen molar-refractivity contribution in [2.45, 2.75) is 50.1 Å². The van der Waals surface area contributed by atoms with Gasteiger partial charge in [0, 0.05) is 6.04 Å². The third-order valence-electron chi connectivity index (χ3n) is 4.46. The van der Waals surface area contributed by atoms with Crippen LogP contribution in [0.5, 0.6) is 0 Å². The van der Waals surface area contributed by atoms with E-state index in [1.54, 1.807) is 0 Å². The van der Waals surface area contributed by atoms with Gasteiger partial charge in [-0.25, -0.2) is 13.1 Å². The first kappa shape index (κ1) is 14.4. The van der Waals surface area contributed by atoms with E-state index >= 15 is 0 Å². The van der Waals surface area contributed by atoms with E-state index in [1.165, 1.54) is 11.0 Å². The van der Waals surface area contributed by atoms with E-state index in [4.69, 9.17) is 0 Å². The Bertz CT molecular complexity index is 607. The third kappa shape index (κ3) is 2.78. The SMILES string of the molecule is O=C(NC1CCS(=O)(=O)C1)C1(n2cnnn2)CCCCC1. The molecule has 21 heavy (non-hydrogen) atoms. The zero-order valence-corrected chi connectivity index (χ0v) is 12.5. The van der Waals surface area contributed by atoms with Crippen LogP contribution in [0.4, 0.5) is 0 Å². The maximum absolute atomic E-state index is 12.8. The molecule has 1 N–H and O–H groups in total. The van der Waals surface area contributed by atoms with Crippen LogP contribution in [0.15, 0.2) is 6.33 Å². The summed E-state index contributed by atoms with van der Waals surface area (Å²) in [7, 11) is -3.01. The third-order valence-corrected chi connectivity index (χ3v) is 6.23. The van der Waals surface area contributed by atoms with Crippen molar-refractivity contribution in [1.29, 1.82) is 0 Å². The first-order chi connectivity index (χ1) is 10.0. The van der Waals surface area contributed by atoms with Crippen molar-refractivity contribution in [3.63, 3.8) is 0 Å². The average Bonchev–Trinajstić information content (AvgIpc) is 3.09. The molecular weight excluding hydrogens is 294 g/mol. The number of hydrogen-bond donors (Lipinski definition) is 1. The van der Waals surface area contributed by atoms with E-state index in [1.807, 2.05) is 0 Å². The molecule has 2 aliphatic rings. The molecule has 0 aromatic carbocycles. The number of amides is 1. The molecule has 3 rings (SSSR count).